The summed E-state index contributed by atoms with van der Waals surface area (Å²) in [4.78, 5) is 14.8. The Morgan fingerprint density at radius 1 is 1.28 bits per heavy atom. The second kappa shape index (κ2) is 8.26. The molecule has 25 heavy (non-hydrogen) atoms. The minimum atomic E-state index is -0.154. The second-order valence-electron chi connectivity index (χ2n) is 6.17. The molecule has 0 spiro atoms. The fourth-order valence-corrected chi connectivity index (χ4v) is 3.44. The van der Waals surface area contributed by atoms with Gasteiger partial charge in [-0.05, 0) is 49.1 Å². The van der Waals surface area contributed by atoms with Crippen LogP contribution >= 0.6 is 11.6 Å². The maximum absolute atomic E-state index is 12.4. The number of fused-ring (bicyclic) bond motifs is 1. The van der Waals surface area contributed by atoms with Crippen molar-refractivity contribution in [1.29, 1.82) is 0 Å². The number of halogens is 1. The van der Waals surface area contributed by atoms with Crippen molar-refractivity contribution in [3.63, 3.8) is 0 Å². The molecule has 1 aliphatic heterocycles. The van der Waals surface area contributed by atoms with Gasteiger partial charge in [0, 0.05) is 30.3 Å². The van der Waals surface area contributed by atoms with E-state index in [1.54, 1.807) is 25.3 Å². The predicted molar refractivity (Wildman–Crippen MR) is 102 cm³/mol. The van der Waals surface area contributed by atoms with Gasteiger partial charge in [-0.25, -0.2) is 0 Å². The molecule has 0 saturated heterocycles. The maximum Gasteiger partial charge on any atom is 0.255 e. The number of nitrogens with one attached hydrogen (secondary N) is 1. The Morgan fingerprint density at radius 3 is 2.96 bits per heavy atom. The summed E-state index contributed by atoms with van der Waals surface area (Å²) in [5.74, 6) is 0.380. The molecule has 0 radical (unpaired) electrons. The van der Waals surface area contributed by atoms with Crippen molar-refractivity contribution in [2.75, 3.05) is 31.6 Å². The van der Waals surface area contributed by atoms with Gasteiger partial charge in [-0.15, -0.1) is 0 Å². The first-order chi connectivity index (χ1) is 12.2. The lowest BCUT2D eigenvalue weighted by Crippen LogP contribution is -2.33. The number of anilines is 1. The number of carbonyl (C=O) groups excluding carboxylic acids is 1. The lowest BCUT2D eigenvalue weighted by molar-refractivity contribution is 0.0950. The first-order valence-corrected chi connectivity index (χ1v) is 9.01. The topological polar surface area (TPSA) is 41.6 Å². The number of hydrogen-bond acceptors (Lipinski definition) is 3. The van der Waals surface area contributed by atoms with Crippen molar-refractivity contribution in [3.8, 4) is 5.75 Å². The molecule has 3 rings (SSSR count). The molecule has 2 aromatic carbocycles. The van der Waals surface area contributed by atoms with Crippen LogP contribution in [0, 0.1) is 0 Å². The fourth-order valence-electron chi connectivity index (χ4n) is 3.27. The smallest absolute Gasteiger partial charge is 0.255 e. The molecule has 0 fully saturated rings. The number of benzene rings is 2. The number of para-hydroxylation sites is 1. The Hall–Kier alpha value is -2.20. The molecule has 0 atom stereocenters. The summed E-state index contributed by atoms with van der Waals surface area (Å²) in [7, 11) is 1.55. The maximum atomic E-state index is 12.4. The van der Waals surface area contributed by atoms with Gasteiger partial charge in [-0.1, -0.05) is 29.8 Å². The zero-order valence-electron chi connectivity index (χ0n) is 14.4. The highest BCUT2D eigenvalue weighted by molar-refractivity contribution is 6.31. The van der Waals surface area contributed by atoms with Crippen molar-refractivity contribution in [1.82, 2.24) is 5.32 Å². The zero-order chi connectivity index (χ0) is 17.6. The van der Waals surface area contributed by atoms with Crippen LogP contribution in [-0.4, -0.2) is 32.7 Å². The molecular formula is C20H23ClN2O2. The van der Waals surface area contributed by atoms with Gasteiger partial charge in [0.2, 0.25) is 0 Å². The molecule has 0 saturated carbocycles. The van der Waals surface area contributed by atoms with E-state index in [-0.39, 0.29) is 5.91 Å². The van der Waals surface area contributed by atoms with Crippen LogP contribution in [0.15, 0.2) is 42.5 Å². The molecule has 5 heteroatoms. The minimum absolute atomic E-state index is 0.154. The number of hydrogen-bond donors (Lipinski definition) is 1. The zero-order valence-corrected chi connectivity index (χ0v) is 15.2. The molecule has 132 valence electrons. The molecule has 1 amide bonds. The van der Waals surface area contributed by atoms with E-state index in [4.69, 9.17) is 16.3 Å². The number of amides is 1. The monoisotopic (exact) mass is 358 g/mol. The quantitative estimate of drug-likeness (QED) is 0.796. The van der Waals surface area contributed by atoms with E-state index in [0.717, 1.165) is 25.9 Å². The lowest BCUT2D eigenvalue weighted by Gasteiger charge is -2.31. The van der Waals surface area contributed by atoms with E-state index in [2.05, 4.69) is 34.5 Å². The molecule has 0 bridgehead atoms. The van der Waals surface area contributed by atoms with Crippen LogP contribution < -0.4 is 15.0 Å². The van der Waals surface area contributed by atoms with Gasteiger partial charge < -0.3 is 15.0 Å². The highest BCUT2D eigenvalue weighted by atomic mass is 35.5. The largest absolute Gasteiger partial charge is 0.496 e. The Morgan fingerprint density at radius 2 is 2.12 bits per heavy atom. The normalized spacial score (nSPS) is 13.3. The van der Waals surface area contributed by atoms with Gasteiger partial charge in [-0.2, -0.15) is 0 Å². The molecule has 1 N–H and O–H groups in total. The predicted octanol–water partition coefficient (Wildman–Crippen LogP) is 3.92. The molecule has 0 aromatic heterocycles. The summed E-state index contributed by atoms with van der Waals surface area (Å²) in [5, 5.41) is 3.48. The first kappa shape index (κ1) is 17.6. The number of carbonyl (C=O) groups is 1. The van der Waals surface area contributed by atoms with Crippen LogP contribution in [0.2, 0.25) is 5.02 Å². The van der Waals surface area contributed by atoms with E-state index in [1.165, 1.54) is 17.7 Å². The van der Waals surface area contributed by atoms with Crippen LogP contribution in [0.5, 0.6) is 5.75 Å². The number of ether oxygens (including phenoxy) is 1. The average Bonchev–Trinajstić information content (AvgIpc) is 2.65. The fraction of sp³-hybridized carbons (Fsp3) is 0.350. The van der Waals surface area contributed by atoms with Crippen molar-refractivity contribution in [3.05, 3.63) is 58.6 Å². The van der Waals surface area contributed by atoms with E-state index >= 15 is 0 Å². The Kier molecular flexibility index (Phi) is 5.82. The molecule has 0 unspecified atom stereocenters. The summed E-state index contributed by atoms with van der Waals surface area (Å²) in [6.07, 6.45) is 3.23. The third-order valence-electron chi connectivity index (χ3n) is 4.50. The molecule has 1 aliphatic rings. The highest BCUT2D eigenvalue weighted by Crippen LogP contribution is 2.26. The Bertz CT molecular complexity index is 748. The summed E-state index contributed by atoms with van der Waals surface area (Å²) in [6, 6.07) is 13.6. The van der Waals surface area contributed by atoms with Crippen LogP contribution in [0.25, 0.3) is 0 Å². The highest BCUT2D eigenvalue weighted by Gasteiger charge is 2.16. The molecular weight excluding hydrogens is 336 g/mol. The minimum Gasteiger partial charge on any atom is -0.496 e. The van der Waals surface area contributed by atoms with Gasteiger partial charge >= 0.3 is 0 Å². The summed E-state index contributed by atoms with van der Waals surface area (Å²) < 4.78 is 5.23. The Labute approximate surface area is 153 Å². The molecule has 1 heterocycles. The average molecular weight is 359 g/mol. The summed E-state index contributed by atoms with van der Waals surface area (Å²) in [5.41, 5.74) is 3.22. The van der Waals surface area contributed by atoms with E-state index in [0.29, 0.717) is 22.9 Å². The van der Waals surface area contributed by atoms with Crippen molar-refractivity contribution < 1.29 is 9.53 Å². The van der Waals surface area contributed by atoms with Gasteiger partial charge in [0.1, 0.15) is 5.75 Å². The van der Waals surface area contributed by atoms with Crippen LogP contribution in [0.1, 0.15) is 28.8 Å². The van der Waals surface area contributed by atoms with Crippen molar-refractivity contribution in [2.24, 2.45) is 0 Å². The molecule has 0 aliphatic carbocycles. The standard InChI is InChI=1S/C20H23ClN2O2/c1-25-19-10-9-16(21)14-17(19)20(24)22-11-5-13-23-12-4-7-15-6-2-3-8-18(15)23/h2-3,6,8-10,14H,4-5,7,11-13H2,1H3,(H,22,24). The van der Waals surface area contributed by atoms with Crippen LogP contribution in [0.3, 0.4) is 0 Å². The summed E-state index contributed by atoms with van der Waals surface area (Å²) in [6.45, 7) is 2.63. The Balaban J connectivity index is 1.53. The van der Waals surface area contributed by atoms with E-state index in [1.807, 2.05) is 0 Å². The van der Waals surface area contributed by atoms with E-state index in [9.17, 15) is 4.79 Å². The molecule has 4 nitrogen and oxygen atoms in total. The van der Waals surface area contributed by atoms with Crippen molar-refractivity contribution >= 4 is 23.2 Å². The first-order valence-electron chi connectivity index (χ1n) is 8.63. The summed E-state index contributed by atoms with van der Waals surface area (Å²) >= 11 is 5.99. The SMILES string of the molecule is COc1ccc(Cl)cc1C(=O)NCCCN1CCCc2ccccc21. The third kappa shape index (κ3) is 4.26. The van der Waals surface area contributed by atoms with Crippen molar-refractivity contribution in [2.45, 2.75) is 19.3 Å². The molecule has 2 aromatic rings. The lowest BCUT2D eigenvalue weighted by atomic mass is 10.0. The number of rotatable bonds is 6. The van der Waals surface area contributed by atoms with Gasteiger partial charge in [0.25, 0.3) is 5.91 Å². The number of nitrogens with zero attached hydrogens (tertiary/aromatic N) is 1. The van der Waals surface area contributed by atoms with Crippen LogP contribution in [-0.2, 0) is 6.42 Å². The van der Waals surface area contributed by atoms with Gasteiger partial charge in [-0.3, -0.25) is 4.79 Å². The third-order valence-corrected chi connectivity index (χ3v) is 4.74. The number of methoxy groups -OCH3 is 1. The second-order valence-corrected chi connectivity index (χ2v) is 6.61. The van der Waals surface area contributed by atoms with Crippen LogP contribution in [0.4, 0.5) is 5.69 Å². The number of aryl methyl sites for hydroxylation is 1. The van der Waals surface area contributed by atoms with Gasteiger partial charge in [0.05, 0.1) is 12.7 Å². The van der Waals surface area contributed by atoms with E-state index < -0.39 is 0 Å². The van der Waals surface area contributed by atoms with Gasteiger partial charge in [0.15, 0.2) is 0 Å².